The summed E-state index contributed by atoms with van der Waals surface area (Å²) in [6.07, 6.45) is -6.31. The standard InChI is InChI=1S/C19H11F6N5/c20-18(21,22)12-3-5-13(6-4-12)27-17-29-28-15-10-11(7-9-30(15)17)16-14(19(23,24)25)2-1-8-26-16/h1-10H,(H,27,29). The highest BCUT2D eigenvalue weighted by atomic mass is 19.4. The van der Waals surface area contributed by atoms with Crippen LogP contribution in [-0.4, -0.2) is 19.6 Å². The SMILES string of the molecule is FC(F)(F)c1ccc(Nc2nnc3cc(-c4ncccc4C(F)(F)F)ccn23)cc1. The summed E-state index contributed by atoms with van der Waals surface area (Å²) >= 11 is 0. The van der Waals surface area contributed by atoms with Gasteiger partial charge in [0.25, 0.3) is 0 Å². The van der Waals surface area contributed by atoms with E-state index in [1.165, 1.54) is 47.1 Å². The highest BCUT2D eigenvalue weighted by molar-refractivity contribution is 5.69. The van der Waals surface area contributed by atoms with Gasteiger partial charge in [-0.1, -0.05) is 0 Å². The van der Waals surface area contributed by atoms with Gasteiger partial charge >= 0.3 is 12.4 Å². The summed E-state index contributed by atoms with van der Waals surface area (Å²) in [6, 6.07) is 9.27. The number of alkyl halides is 6. The molecule has 3 aromatic heterocycles. The molecule has 11 heteroatoms. The number of halogens is 6. The second kappa shape index (κ2) is 7.01. The number of anilines is 2. The molecule has 5 nitrogen and oxygen atoms in total. The molecule has 0 aliphatic carbocycles. The normalized spacial score (nSPS) is 12.3. The van der Waals surface area contributed by atoms with Crippen LogP contribution in [0.2, 0.25) is 0 Å². The highest BCUT2D eigenvalue weighted by Crippen LogP contribution is 2.36. The fraction of sp³-hybridized carbons (Fsp3) is 0.105. The van der Waals surface area contributed by atoms with Crippen LogP contribution in [0.25, 0.3) is 16.9 Å². The third-order valence-electron chi connectivity index (χ3n) is 4.26. The van der Waals surface area contributed by atoms with E-state index < -0.39 is 23.5 Å². The first-order chi connectivity index (χ1) is 14.1. The van der Waals surface area contributed by atoms with Crippen LogP contribution in [0.15, 0.2) is 60.9 Å². The second-order valence-electron chi connectivity index (χ2n) is 6.26. The molecule has 3 heterocycles. The molecule has 0 aliphatic heterocycles. The maximum absolute atomic E-state index is 13.2. The maximum Gasteiger partial charge on any atom is 0.418 e. The van der Waals surface area contributed by atoms with Gasteiger partial charge in [0.1, 0.15) is 0 Å². The molecule has 4 aromatic rings. The minimum atomic E-state index is -4.57. The summed E-state index contributed by atoms with van der Waals surface area (Å²) in [4.78, 5) is 3.84. The van der Waals surface area contributed by atoms with Crippen molar-refractivity contribution in [2.24, 2.45) is 0 Å². The zero-order chi connectivity index (χ0) is 21.5. The first kappa shape index (κ1) is 19.7. The molecule has 0 bridgehead atoms. The Balaban J connectivity index is 1.66. The lowest BCUT2D eigenvalue weighted by atomic mass is 10.1. The number of pyridine rings is 2. The Morgan fingerprint density at radius 3 is 2.23 bits per heavy atom. The minimum Gasteiger partial charge on any atom is -0.324 e. The fourth-order valence-corrected chi connectivity index (χ4v) is 2.86. The lowest BCUT2D eigenvalue weighted by Crippen LogP contribution is -2.08. The van der Waals surface area contributed by atoms with Crippen LogP contribution in [0.4, 0.5) is 38.0 Å². The van der Waals surface area contributed by atoms with Crippen molar-refractivity contribution in [2.45, 2.75) is 12.4 Å². The van der Waals surface area contributed by atoms with E-state index in [0.717, 1.165) is 18.2 Å². The first-order valence-electron chi connectivity index (χ1n) is 8.44. The largest absolute Gasteiger partial charge is 0.418 e. The number of fused-ring (bicyclic) bond motifs is 1. The molecule has 4 rings (SSSR count). The van der Waals surface area contributed by atoms with E-state index >= 15 is 0 Å². The van der Waals surface area contributed by atoms with Gasteiger partial charge in [-0.2, -0.15) is 26.3 Å². The van der Waals surface area contributed by atoms with Crippen molar-refractivity contribution in [3.05, 3.63) is 72.1 Å². The average molecular weight is 423 g/mol. The van der Waals surface area contributed by atoms with Crippen LogP contribution < -0.4 is 5.32 Å². The van der Waals surface area contributed by atoms with Gasteiger partial charge in [0, 0.05) is 23.6 Å². The quantitative estimate of drug-likeness (QED) is 0.438. The second-order valence-corrected chi connectivity index (χ2v) is 6.26. The van der Waals surface area contributed by atoms with Crippen molar-refractivity contribution >= 4 is 17.3 Å². The van der Waals surface area contributed by atoms with Crippen LogP contribution >= 0.6 is 0 Å². The number of hydrogen-bond donors (Lipinski definition) is 1. The van der Waals surface area contributed by atoms with Crippen LogP contribution in [0.3, 0.4) is 0 Å². The van der Waals surface area contributed by atoms with E-state index in [0.29, 0.717) is 5.69 Å². The molecule has 0 aliphatic rings. The van der Waals surface area contributed by atoms with Gasteiger partial charge in [-0.15, -0.1) is 10.2 Å². The topological polar surface area (TPSA) is 55.1 Å². The molecule has 30 heavy (non-hydrogen) atoms. The van der Waals surface area contributed by atoms with Crippen LogP contribution in [0.5, 0.6) is 0 Å². The molecule has 0 saturated heterocycles. The molecule has 1 aromatic carbocycles. The predicted molar refractivity (Wildman–Crippen MR) is 95.9 cm³/mol. The van der Waals surface area contributed by atoms with Crippen molar-refractivity contribution in [1.82, 2.24) is 19.6 Å². The summed E-state index contributed by atoms with van der Waals surface area (Å²) in [5.41, 5.74) is -1.14. The number of hydrogen-bond acceptors (Lipinski definition) is 4. The third kappa shape index (κ3) is 3.78. The lowest BCUT2D eigenvalue weighted by molar-refractivity contribution is -0.138. The zero-order valence-corrected chi connectivity index (χ0v) is 14.8. The molecular weight excluding hydrogens is 412 g/mol. The fourth-order valence-electron chi connectivity index (χ4n) is 2.86. The van der Waals surface area contributed by atoms with E-state index in [4.69, 9.17) is 0 Å². The minimum absolute atomic E-state index is 0.188. The molecule has 0 amide bonds. The third-order valence-corrected chi connectivity index (χ3v) is 4.26. The molecule has 0 fully saturated rings. The first-order valence-corrected chi connectivity index (χ1v) is 8.44. The number of aromatic nitrogens is 4. The van der Waals surface area contributed by atoms with Gasteiger partial charge < -0.3 is 5.32 Å². The van der Waals surface area contributed by atoms with Gasteiger partial charge in [-0.3, -0.25) is 9.38 Å². The summed E-state index contributed by atoms with van der Waals surface area (Å²) < 4.78 is 79.2. The number of nitrogens with zero attached hydrogens (tertiary/aromatic N) is 4. The molecule has 0 spiro atoms. The van der Waals surface area contributed by atoms with Gasteiger partial charge in [0.15, 0.2) is 5.65 Å². The Hall–Kier alpha value is -3.63. The molecule has 154 valence electrons. The molecule has 0 radical (unpaired) electrons. The van der Waals surface area contributed by atoms with Gasteiger partial charge in [-0.25, -0.2) is 0 Å². The van der Waals surface area contributed by atoms with E-state index in [1.807, 2.05) is 0 Å². The van der Waals surface area contributed by atoms with E-state index in [1.54, 1.807) is 0 Å². The van der Waals surface area contributed by atoms with Crippen LogP contribution in [0, 0.1) is 0 Å². The zero-order valence-electron chi connectivity index (χ0n) is 14.8. The Kier molecular flexibility index (Phi) is 4.60. The monoisotopic (exact) mass is 423 g/mol. The molecular formula is C19H11F6N5. The lowest BCUT2D eigenvalue weighted by Gasteiger charge is -2.12. The van der Waals surface area contributed by atoms with Gasteiger partial charge in [0.2, 0.25) is 5.95 Å². The van der Waals surface area contributed by atoms with E-state index in [9.17, 15) is 26.3 Å². The van der Waals surface area contributed by atoms with E-state index in [2.05, 4.69) is 20.5 Å². The number of benzene rings is 1. The molecule has 0 atom stereocenters. The van der Waals surface area contributed by atoms with E-state index in [-0.39, 0.29) is 22.9 Å². The van der Waals surface area contributed by atoms with Crippen LogP contribution in [-0.2, 0) is 12.4 Å². The molecule has 0 saturated carbocycles. The smallest absolute Gasteiger partial charge is 0.324 e. The summed E-state index contributed by atoms with van der Waals surface area (Å²) in [7, 11) is 0. The van der Waals surface area contributed by atoms with Gasteiger partial charge in [-0.05, 0) is 48.5 Å². The van der Waals surface area contributed by atoms with Crippen molar-refractivity contribution < 1.29 is 26.3 Å². The van der Waals surface area contributed by atoms with Crippen molar-refractivity contribution in [3.63, 3.8) is 0 Å². The highest BCUT2D eigenvalue weighted by Gasteiger charge is 2.34. The molecule has 1 N–H and O–H groups in total. The predicted octanol–water partition coefficient (Wildman–Crippen LogP) is 5.57. The number of nitrogens with one attached hydrogen (secondary N) is 1. The number of rotatable bonds is 3. The Bertz CT molecular complexity index is 1190. The Labute approximate surface area is 165 Å². The summed E-state index contributed by atoms with van der Waals surface area (Å²) in [5.74, 6) is 0.188. The molecule has 0 unspecified atom stereocenters. The Morgan fingerprint density at radius 1 is 0.833 bits per heavy atom. The summed E-state index contributed by atoms with van der Waals surface area (Å²) in [6.45, 7) is 0. The van der Waals surface area contributed by atoms with Crippen molar-refractivity contribution in [3.8, 4) is 11.3 Å². The van der Waals surface area contributed by atoms with Crippen LogP contribution in [0.1, 0.15) is 11.1 Å². The van der Waals surface area contributed by atoms with Gasteiger partial charge in [0.05, 0.1) is 16.8 Å². The average Bonchev–Trinajstić information content (AvgIpc) is 3.09. The van der Waals surface area contributed by atoms with Crippen molar-refractivity contribution in [1.29, 1.82) is 0 Å². The maximum atomic E-state index is 13.2. The Morgan fingerprint density at radius 2 is 1.57 bits per heavy atom. The summed E-state index contributed by atoms with van der Waals surface area (Å²) in [5, 5.41) is 10.6. The van der Waals surface area contributed by atoms with Crippen molar-refractivity contribution in [2.75, 3.05) is 5.32 Å².